The lowest BCUT2D eigenvalue weighted by Gasteiger charge is -2.11. The second-order valence-corrected chi connectivity index (χ2v) is 4.34. The number of rotatable bonds is 3. The first kappa shape index (κ1) is 14.0. The van der Waals surface area contributed by atoms with E-state index in [4.69, 9.17) is 0 Å². The minimum Gasteiger partial charge on any atom is -0.326 e. The summed E-state index contributed by atoms with van der Waals surface area (Å²) in [5.74, 6) is -0.289. The van der Waals surface area contributed by atoms with E-state index in [0.717, 1.165) is 6.07 Å². The highest BCUT2D eigenvalue weighted by atomic mass is 79.9. The summed E-state index contributed by atoms with van der Waals surface area (Å²) in [5, 5.41) is 2.42. The van der Waals surface area contributed by atoms with Crippen molar-refractivity contribution in [1.82, 2.24) is 0 Å². The molecule has 0 unspecified atom stereocenters. The molecule has 17 heavy (non-hydrogen) atoms. The third-order valence-corrected chi connectivity index (χ3v) is 2.72. The van der Waals surface area contributed by atoms with Gasteiger partial charge in [-0.25, -0.2) is 0 Å². The molecule has 0 aliphatic heterocycles. The van der Waals surface area contributed by atoms with Gasteiger partial charge in [0.1, 0.15) is 0 Å². The molecular weight excluding hydrogens is 299 g/mol. The van der Waals surface area contributed by atoms with Gasteiger partial charge in [-0.05, 0) is 24.6 Å². The smallest absolute Gasteiger partial charge is 0.326 e. The van der Waals surface area contributed by atoms with Crippen LogP contribution in [-0.4, -0.2) is 5.91 Å². The molecule has 0 fully saturated rings. The third kappa shape index (κ3) is 4.03. The lowest BCUT2D eigenvalue weighted by molar-refractivity contribution is -0.138. The Morgan fingerprint density at radius 3 is 2.59 bits per heavy atom. The molecule has 0 atom stereocenters. The Hall–Kier alpha value is -1.04. The summed E-state index contributed by atoms with van der Waals surface area (Å²) in [6, 6.07) is 3.61. The summed E-state index contributed by atoms with van der Waals surface area (Å²) in [6.45, 7) is 1.82. The van der Waals surface area contributed by atoms with Gasteiger partial charge < -0.3 is 5.32 Å². The highest BCUT2D eigenvalue weighted by Crippen LogP contribution is 2.36. The molecular formula is C11H11BrF3NO. The molecule has 1 aromatic carbocycles. The first-order valence-electron chi connectivity index (χ1n) is 5.01. The van der Waals surface area contributed by atoms with Gasteiger partial charge in [0.05, 0.1) is 5.56 Å². The van der Waals surface area contributed by atoms with Crippen LogP contribution in [0.15, 0.2) is 22.7 Å². The number of benzene rings is 1. The summed E-state index contributed by atoms with van der Waals surface area (Å²) in [6.07, 6.45) is -3.50. The number of anilines is 1. The van der Waals surface area contributed by atoms with Crippen molar-refractivity contribution >= 4 is 27.5 Å². The van der Waals surface area contributed by atoms with Crippen molar-refractivity contribution in [3.05, 3.63) is 28.2 Å². The quantitative estimate of drug-likeness (QED) is 0.890. The molecule has 0 heterocycles. The molecule has 0 saturated heterocycles. The van der Waals surface area contributed by atoms with Gasteiger partial charge >= 0.3 is 6.18 Å². The van der Waals surface area contributed by atoms with Crippen LogP contribution in [0.2, 0.25) is 0 Å². The van der Waals surface area contributed by atoms with Gasteiger partial charge in [0, 0.05) is 16.6 Å². The Labute approximate surface area is 105 Å². The maximum absolute atomic E-state index is 12.6. The molecule has 0 aliphatic rings. The van der Waals surface area contributed by atoms with Gasteiger partial charge in [-0.15, -0.1) is 0 Å². The van der Waals surface area contributed by atoms with E-state index in [-0.39, 0.29) is 22.5 Å². The van der Waals surface area contributed by atoms with E-state index in [0.29, 0.717) is 6.42 Å². The van der Waals surface area contributed by atoms with Crippen molar-refractivity contribution in [1.29, 1.82) is 0 Å². The zero-order chi connectivity index (χ0) is 13.1. The van der Waals surface area contributed by atoms with Crippen molar-refractivity contribution in [2.24, 2.45) is 0 Å². The molecule has 0 aliphatic carbocycles. The maximum atomic E-state index is 12.6. The highest BCUT2D eigenvalue weighted by Gasteiger charge is 2.33. The van der Waals surface area contributed by atoms with E-state index < -0.39 is 11.7 Å². The molecule has 0 radical (unpaired) electrons. The van der Waals surface area contributed by atoms with E-state index in [1.807, 2.05) is 6.92 Å². The van der Waals surface area contributed by atoms with Crippen LogP contribution in [0.4, 0.5) is 18.9 Å². The zero-order valence-electron chi connectivity index (χ0n) is 9.07. The number of hydrogen-bond acceptors (Lipinski definition) is 1. The molecule has 1 N–H and O–H groups in total. The fraction of sp³-hybridized carbons (Fsp3) is 0.364. The second kappa shape index (κ2) is 5.53. The van der Waals surface area contributed by atoms with Crippen LogP contribution in [0, 0.1) is 0 Å². The van der Waals surface area contributed by atoms with E-state index in [2.05, 4.69) is 21.2 Å². The van der Waals surface area contributed by atoms with Crippen LogP contribution in [0.1, 0.15) is 25.3 Å². The summed E-state index contributed by atoms with van der Waals surface area (Å²) >= 11 is 2.83. The standard InChI is InChI=1S/C11H11BrF3NO/c1-2-3-10(17)16-7-4-5-9(12)8(6-7)11(13,14)15/h4-6H,2-3H2,1H3,(H,16,17). The zero-order valence-corrected chi connectivity index (χ0v) is 10.7. The molecule has 6 heteroatoms. The number of halogens is 4. The summed E-state index contributed by atoms with van der Waals surface area (Å²) < 4.78 is 37.7. The predicted molar refractivity (Wildman–Crippen MR) is 62.7 cm³/mol. The van der Waals surface area contributed by atoms with Crippen LogP contribution in [0.25, 0.3) is 0 Å². The molecule has 1 amide bonds. The molecule has 94 valence electrons. The Morgan fingerprint density at radius 2 is 2.06 bits per heavy atom. The number of hydrogen-bond donors (Lipinski definition) is 1. The Balaban J connectivity index is 2.93. The van der Waals surface area contributed by atoms with Gasteiger partial charge in [-0.1, -0.05) is 22.9 Å². The van der Waals surface area contributed by atoms with Gasteiger partial charge in [0.15, 0.2) is 0 Å². The van der Waals surface area contributed by atoms with Crippen molar-refractivity contribution in [3.63, 3.8) is 0 Å². The van der Waals surface area contributed by atoms with Crippen LogP contribution in [0.3, 0.4) is 0 Å². The molecule has 1 aromatic rings. The molecule has 1 rings (SSSR count). The highest BCUT2D eigenvalue weighted by molar-refractivity contribution is 9.10. The van der Waals surface area contributed by atoms with Gasteiger partial charge in [-0.2, -0.15) is 13.2 Å². The Bertz CT molecular complexity index is 418. The van der Waals surface area contributed by atoms with Crippen molar-refractivity contribution in [2.45, 2.75) is 25.9 Å². The average Bonchev–Trinajstić information content (AvgIpc) is 2.19. The first-order valence-corrected chi connectivity index (χ1v) is 5.80. The topological polar surface area (TPSA) is 29.1 Å². The van der Waals surface area contributed by atoms with Crippen LogP contribution in [0.5, 0.6) is 0 Å². The van der Waals surface area contributed by atoms with Crippen molar-refractivity contribution in [3.8, 4) is 0 Å². The lowest BCUT2D eigenvalue weighted by Crippen LogP contribution is -2.12. The van der Waals surface area contributed by atoms with E-state index >= 15 is 0 Å². The van der Waals surface area contributed by atoms with Crippen LogP contribution >= 0.6 is 15.9 Å². The second-order valence-electron chi connectivity index (χ2n) is 3.49. The van der Waals surface area contributed by atoms with Gasteiger partial charge in [0.25, 0.3) is 0 Å². The average molecular weight is 310 g/mol. The largest absolute Gasteiger partial charge is 0.417 e. The Kier molecular flexibility index (Phi) is 4.56. The fourth-order valence-electron chi connectivity index (χ4n) is 1.27. The summed E-state index contributed by atoms with van der Waals surface area (Å²) in [7, 11) is 0. The molecule has 0 aromatic heterocycles. The number of alkyl halides is 3. The van der Waals surface area contributed by atoms with E-state index in [1.165, 1.54) is 12.1 Å². The number of amides is 1. The lowest BCUT2D eigenvalue weighted by atomic mass is 10.2. The number of carbonyl (C=O) groups is 1. The number of carbonyl (C=O) groups excluding carboxylic acids is 1. The van der Waals surface area contributed by atoms with E-state index in [1.54, 1.807) is 0 Å². The summed E-state index contributed by atoms with van der Waals surface area (Å²) in [4.78, 5) is 11.3. The van der Waals surface area contributed by atoms with Gasteiger partial charge in [0.2, 0.25) is 5.91 Å². The molecule has 0 bridgehead atoms. The first-order chi connectivity index (χ1) is 7.84. The predicted octanol–water partition coefficient (Wildman–Crippen LogP) is 4.21. The molecule has 0 saturated carbocycles. The summed E-state index contributed by atoms with van der Waals surface area (Å²) in [5.41, 5.74) is -0.647. The Morgan fingerprint density at radius 1 is 1.41 bits per heavy atom. The van der Waals surface area contributed by atoms with Crippen molar-refractivity contribution in [2.75, 3.05) is 5.32 Å². The number of nitrogens with one attached hydrogen (secondary N) is 1. The molecule has 2 nitrogen and oxygen atoms in total. The monoisotopic (exact) mass is 309 g/mol. The SMILES string of the molecule is CCCC(=O)Nc1ccc(Br)c(C(F)(F)F)c1. The molecule has 0 spiro atoms. The normalized spacial score (nSPS) is 11.4. The van der Waals surface area contributed by atoms with Crippen molar-refractivity contribution < 1.29 is 18.0 Å². The minimum absolute atomic E-state index is 0.0431. The van der Waals surface area contributed by atoms with Crippen LogP contribution in [-0.2, 0) is 11.0 Å². The van der Waals surface area contributed by atoms with Crippen LogP contribution < -0.4 is 5.32 Å². The van der Waals surface area contributed by atoms with E-state index in [9.17, 15) is 18.0 Å². The fourth-order valence-corrected chi connectivity index (χ4v) is 1.74. The minimum atomic E-state index is -4.44. The maximum Gasteiger partial charge on any atom is 0.417 e. The third-order valence-electron chi connectivity index (χ3n) is 2.03. The van der Waals surface area contributed by atoms with Gasteiger partial charge in [-0.3, -0.25) is 4.79 Å².